The van der Waals surface area contributed by atoms with Gasteiger partial charge in [0.25, 0.3) is 0 Å². The van der Waals surface area contributed by atoms with E-state index < -0.39 is 6.04 Å². The summed E-state index contributed by atoms with van der Waals surface area (Å²) in [5.41, 5.74) is 5.45. The Balaban J connectivity index is 2.53. The van der Waals surface area contributed by atoms with Crippen molar-refractivity contribution >= 4 is 0 Å². The molecule has 0 amide bonds. The van der Waals surface area contributed by atoms with Gasteiger partial charge in [0.05, 0.1) is 6.61 Å². The van der Waals surface area contributed by atoms with E-state index in [1.807, 2.05) is 6.92 Å². The largest absolute Gasteiger partial charge is 0.394 e. The predicted molar refractivity (Wildman–Crippen MR) is 43.6 cm³/mol. The van der Waals surface area contributed by atoms with Gasteiger partial charge in [-0.25, -0.2) is 0 Å². The molecule has 1 unspecified atom stereocenters. The van der Waals surface area contributed by atoms with Crippen LogP contribution in [0.4, 0.5) is 0 Å². The maximum absolute atomic E-state index is 8.69. The minimum atomic E-state index is -0.608. The highest BCUT2D eigenvalue weighted by atomic mass is 16.5. The minimum absolute atomic E-state index is 0.212. The Bertz CT molecular complexity index is 251. The number of rotatable bonds is 5. The Labute approximate surface area is 75.7 Å². The molecule has 3 N–H and O–H groups in total. The Morgan fingerprint density at radius 3 is 3.08 bits per heavy atom. The molecule has 0 aliphatic carbocycles. The van der Waals surface area contributed by atoms with Crippen molar-refractivity contribution in [2.24, 2.45) is 5.73 Å². The number of aliphatic hydroxyl groups excluding tert-OH is 1. The first-order chi connectivity index (χ1) is 6.27. The maximum Gasteiger partial charge on any atom is 0.246 e. The molecule has 6 nitrogen and oxygen atoms in total. The van der Waals surface area contributed by atoms with Gasteiger partial charge < -0.3 is 20.1 Å². The number of ether oxygens (including phenoxy) is 1. The molecule has 0 saturated heterocycles. The molecule has 13 heavy (non-hydrogen) atoms. The summed E-state index contributed by atoms with van der Waals surface area (Å²) in [5.74, 6) is 0.679. The standard InChI is InChI=1S/C7H13N3O3/c1-2-12-4-6-9-7(13-10-6)5(8)3-11/h5,11H,2-4,8H2,1H3. The van der Waals surface area contributed by atoms with Crippen molar-refractivity contribution in [3.63, 3.8) is 0 Å². The highest BCUT2D eigenvalue weighted by Crippen LogP contribution is 2.06. The molecule has 1 rings (SSSR count). The molecule has 0 aromatic carbocycles. The van der Waals surface area contributed by atoms with E-state index in [0.29, 0.717) is 19.0 Å². The van der Waals surface area contributed by atoms with Crippen LogP contribution < -0.4 is 5.73 Å². The number of aliphatic hydroxyl groups is 1. The van der Waals surface area contributed by atoms with Crippen LogP contribution in [0.3, 0.4) is 0 Å². The third-order valence-electron chi connectivity index (χ3n) is 1.43. The normalized spacial score (nSPS) is 13.2. The average Bonchev–Trinajstić information content (AvgIpc) is 2.62. The van der Waals surface area contributed by atoms with Crippen LogP contribution in [0.5, 0.6) is 0 Å². The molecule has 1 atom stereocenters. The van der Waals surface area contributed by atoms with Gasteiger partial charge in [-0.3, -0.25) is 0 Å². The van der Waals surface area contributed by atoms with Gasteiger partial charge >= 0.3 is 0 Å². The van der Waals surface area contributed by atoms with Crippen LogP contribution >= 0.6 is 0 Å². The zero-order chi connectivity index (χ0) is 9.68. The van der Waals surface area contributed by atoms with E-state index in [4.69, 9.17) is 20.1 Å². The summed E-state index contributed by atoms with van der Waals surface area (Å²) in [4.78, 5) is 3.93. The predicted octanol–water partition coefficient (Wildman–Crippen LogP) is -0.402. The minimum Gasteiger partial charge on any atom is -0.394 e. The second-order valence-corrected chi connectivity index (χ2v) is 2.48. The van der Waals surface area contributed by atoms with Crippen molar-refractivity contribution in [3.05, 3.63) is 11.7 Å². The summed E-state index contributed by atoms with van der Waals surface area (Å²) < 4.78 is 9.85. The Morgan fingerprint density at radius 2 is 2.46 bits per heavy atom. The summed E-state index contributed by atoms with van der Waals surface area (Å²) in [6.07, 6.45) is 0. The lowest BCUT2D eigenvalue weighted by atomic mass is 10.3. The highest BCUT2D eigenvalue weighted by Gasteiger charge is 2.13. The number of nitrogens with two attached hydrogens (primary N) is 1. The Kier molecular flexibility index (Phi) is 3.81. The molecule has 0 aliphatic heterocycles. The van der Waals surface area contributed by atoms with Gasteiger partial charge in [0.2, 0.25) is 5.89 Å². The van der Waals surface area contributed by atoms with E-state index in [1.54, 1.807) is 0 Å². The summed E-state index contributed by atoms with van der Waals surface area (Å²) in [7, 11) is 0. The molecule has 0 saturated carbocycles. The van der Waals surface area contributed by atoms with Crippen LogP contribution in [-0.4, -0.2) is 28.5 Å². The van der Waals surface area contributed by atoms with E-state index in [1.165, 1.54) is 0 Å². The van der Waals surface area contributed by atoms with Crippen LogP contribution in [0.1, 0.15) is 24.7 Å². The monoisotopic (exact) mass is 187 g/mol. The lowest BCUT2D eigenvalue weighted by Crippen LogP contribution is -2.14. The van der Waals surface area contributed by atoms with E-state index in [2.05, 4.69) is 10.1 Å². The summed E-state index contributed by atoms with van der Waals surface area (Å²) in [5, 5.41) is 12.3. The molecule has 0 radical (unpaired) electrons. The summed E-state index contributed by atoms with van der Waals surface area (Å²) >= 11 is 0. The van der Waals surface area contributed by atoms with Crippen LogP contribution in [0.25, 0.3) is 0 Å². The van der Waals surface area contributed by atoms with Gasteiger partial charge in [-0.2, -0.15) is 4.98 Å². The first-order valence-corrected chi connectivity index (χ1v) is 4.04. The molecule has 1 aromatic heterocycles. The molecule has 1 heterocycles. The van der Waals surface area contributed by atoms with Gasteiger partial charge in [0, 0.05) is 6.61 Å². The first kappa shape index (κ1) is 10.1. The molecule has 74 valence electrons. The molecular weight excluding hydrogens is 174 g/mol. The van der Waals surface area contributed by atoms with E-state index in [9.17, 15) is 0 Å². The van der Waals surface area contributed by atoms with Gasteiger partial charge in [0.1, 0.15) is 12.6 Å². The SMILES string of the molecule is CCOCc1noc(C(N)CO)n1. The van der Waals surface area contributed by atoms with Crippen molar-refractivity contribution < 1.29 is 14.4 Å². The summed E-state index contributed by atoms with van der Waals surface area (Å²) in [6, 6.07) is -0.608. The van der Waals surface area contributed by atoms with Crippen molar-refractivity contribution in [2.75, 3.05) is 13.2 Å². The number of hydrogen-bond acceptors (Lipinski definition) is 6. The van der Waals surface area contributed by atoms with Gasteiger partial charge in [-0.1, -0.05) is 5.16 Å². The molecule has 0 bridgehead atoms. The lowest BCUT2D eigenvalue weighted by molar-refractivity contribution is 0.126. The molecule has 0 fully saturated rings. The summed E-state index contributed by atoms with van der Waals surface area (Å²) in [6.45, 7) is 2.56. The van der Waals surface area contributed by atoms with Gasteiger partial charge in [-0.15, -0.1) is 0 Å². The van der Waals surface area contributed by atoms with Crippen LogP contribution in [0.15, 0.2) is 4.52 Å². The van der Waals surface area contributed by atoms with Gasteiger partial charge in [0.15, 0.2) is 5.82 Å². The van der Waals surface area contributed by atoms with E-state index in [0.717, 1.165) is 0 Å². The number of hydrogen-bond donors (Lipinski definition) is 2. The van der Waals surface area contributed by atoms with Crippen molar-refractivity contribution in [3.8, 4) is 0 Å². The fraction of sp³-hybridized carbons (Fsp3) is 0.714. The van der Waals surface area contributed by atoms with Crippen molar-refractivity contribution in [1.29, 1.82) is 0 Å². The van der Waals surface area contributed by atoms with Crippen LogP contribution in [0.2, 0.25) is 0 Å². The lowest BCUT2D eigenvalue weighted by Gasteiger charge is -1.98. The van der Waals surface area contributed by atoms with Crippen molar-refractivity contribution in [1.82, 2.24) is 10.1 Å². The number of nitrogens with zero attached hydrogens (tertiary/aromatic N) is 2. The quantitative estimate of drug-likeness (QED) is 0.651. The third-order valence-corrected chi connectivity index (χ3v) is 1.43. The second kappa shape index (κ2) is 4.90. The van der Waals surface area contributed by atoms with Gasteiger partial charge in [-0.05, 0) is 6.92 Å². The Morgan fingerprint density at radius 1 is 1.69 bits per heavy atom. The molecule has 0 aliphatic rings. The Hall–Kier alpha value is -0.980. The molecule has 1 aromatic rings. The smallest absolute Gasteiger partial charge is 0.246 e. The third kappa shape index (κ3) is 2.76. The topological polar surface area (TPSA) is 94.4 Å². The van der Waals surface area contributed by atoms with Crippen LogP contribution in [0, 0.1) is 0 Å². The highest BCUT2D eigenvalue weighted by molar-refractivity contribution is 4.90. The zero-order valence-electron chi connectivity index (χ0n) is 7.43. The van der Waals surface area contributed by atoms with E-state index >= 15 is 0 Å². The second-order valence-electron chi connectivity index (χ2n) is 2.48. The molecule has 0 spiro atoms. The molecule has 6 heteroatoms. The first-order valence-electron chi connectivity index (χ1n) is 4.04. The van der Waals surface area contributed by atoms with Crippen LogP contribution in [-0.2, 0) is 11.3 Å². The molecular formula is C7H13N3O3. The van der Waals surface area contributed by atoms with Crippen molar-refractivity contribution in [2.45, 2.75) is 19.6 Å². The fourth-order valence-corrected chi connectivity index (χ4v) is 0.748. The zero-order valence-corrected chi connectivity index (χ0v) is 7.43. The fourth-order valence-electron chi connectivity index (χ4n) is 0.748. The maximum atomic E-state index is 8.69. The number of aromatic nitrogens is 2. The van der Waals surface area contributed by atoms with E-state index in [-0.39, 0.29) is 12.5 Å². The average molecular weight is 187 g/mol.